The van der Waals surface area contributed by atoms with Gasteiger partial charge < -0.3 is 25.2 Å². The first-order chi connectivity index (χ1) is 21.2. The van der Waals surface area contributed by atoms with Gasteiger partial charge in [-0.1, -0.05) is 43.2 Å². The van der Waals surface area contributed by atoms with Crippen LogP contribution < -0.4 is 10.6 Å². The molecule has 1 saturated heterocycles. The van der Waals surface area contributed by atoms with Crippen LogP contribution in [0.3, 0.4) is 0 Å². The molecular formula is C32H37F3N6O3. The first-order valence-corrected chi connectivity index (χ1v) is 14.9. The molecule has 2 atom stereocenters. The number of ether oxygens (including phenoxy) is 1. The van der Waals surface area contributed by atoms with Crippen LogP contribution in [-0.2, 0) is 23.9 Å². The van der Waals surface area contributed by atoms with E-state index in [1.807, 2.05) is 42.3 Å². The molecule has 2 aliphatic rings. The minimum Gasteiger partial charge on any atom is -0.445 e. The Hall–Kier alpha value is -4.19. The van der Waals surface area contributed by atoms with Crippen molar-refractivity contribution < 1.29 is 27.5 Å². The third-order valence-corrected chi connectivity index (χ3v) is 8.23. The number of alkyl carbamates (subject to hydrolysis) is 1. The zero-order chi connectivity index (χ0) is 31.1. The second-order valence-electron chi connectivity index (χ2n) is 11.4. The maximum absolute atomic E-state index is 14.0. The fourth-order valence-corrected chi connectivity index (χ4v) is 5.69. The molecule has 2 N–H and O–H groups in total. The molecule has 9 nitrogen and oxygen atoms in total. The van der Waals surface area contributed by atoms with Crippen LogP contribution in [0, 0.1) is 5.92 Å². The summed E-state index contributed by atoms with van der Waals surface area (Å²) >= 11 is 0. The second kappa shape index (κ2) is 14.1. The molecule has 3 aromatic rings. The molecule has 0 radical (unpaired) electrons. The summed E-state index contributed by atoms with van der Waals surface area (Å²) in [5, 5.41) is 5.85. The Balaban J connectivity index is 1.26. The molecule has 2 heterocycles. The number of carbonyl (C=O) groups is 2. The number of aromatic nitrogens is 2. The molecule has 234 valence electrons. The largest absolute Gasteiger partial charge is 0.445 e. The van der Waals surface area contributed by atoms with Crippen LogP contribution in [0.2, 0.25) is 0 Å². The van der Waals surface area contributed by atoms with E-state index in [0.717, 1.165) is 37.7 Å². The number of nitrogens with zero attached hydrogens (tertiary/aromatic N) is 4. The van der Waals surface area contributed by atoms with Gasteiger partial charge in [0, 0.05) is 49.7 Å². The van der Waals surface area contributed by atoms with Crippen LogP contribution in [0.4, 0.5) is 29.6 Å². The van der Waals surface area contributed by atoms with Crippen LogP contribution in [0.1, 0.15) is 52.9 Å². The Kier molecular flexibility index (Phi) is 9.99. The molecule has 1 aromatic heterocycles. The first-order valence-electron chi connectivity index (χ1n) is 14.9. The first kappa shape index (κ1) is 31.2. The number of piperazine rings is 1. The third-order valence-electron chi connectivity index (χ3n) is 8.23. The van der Waals surface area contributed by atoms with Gasteiger partial charge in [0.2, 0.25) is 5.95 Å². The lowest BCUT2D eigenvalue weighted by atomic mass is 9.81. The number of benzene rings is 2. The fourth-order valence-electron chi connectivity index (χ4n) is 5.69. The highest BCUT2D eigenvalue weighted by atomic mass is 19.4. The molecule has 1 aliphatic heterocycles. The zero-order valence-corrected chi connectivity index (χ0v) is 24.6. The van der Waals surface area contributed by atoms with Crippen molar-refractivity contribution in [2.75, 3.05) is 38.5 Å². The van der Waals surface area contributed by atoms with Gasteiger partial charge in [-0.15, -0.1) is 0 Å². The normalized spacial score (nSPS) is 19.3. The van der Waals surface area contributed by atoms with Crippen molar-refractivity contribution in [1.29, 1.82) is 0 Å². The number of alkyl halides is 3. The highest BCUT2D eigenvalue weighted by Crippen LogP contribution is 2.35. The lowest BCUT2D eigenvalue weighted by molar-refractivity contribution is -0.138. The maximum atomic E-state index is 14.0. The average molecular weight is 611 g/mol. The number of nitrogens with one attached hydrogen (secondary N) is 2. The molecule has 2 aromatic carbocycles. The molecule has 0 spiro atoms. The minimum absolute atomic E-state index is 0.0220. The number of amides is 2. The van der Waals surface area contributed by atoms with Crippen molar-refractivity contribution in [1.82, 2.24) is 25.1 Å². The summed E-state index contributed by atoms with van der Waals surface area (Å²) in [4.78, 5) is 37.6. The number of hydrogen-bond donors (Lipinski definition) is 2. The summed E-state index contributed by atoms with van der Waals surface area (Å²) in [5.41, 5.74) is 0.895. The van der Waals surface area contributed by atoms with Gasteiger partial charge in [0.25, 0.3) is 5.91 Å². The maximum Gasteiger partial charge on any atom is 0.419 e. The molecule has 0 bridgehead atoms. The standard InChI is InChI=1S/C32H37F3N6O3/c1-40-15-17-41(18-16-40)29(42)23-11-13-25(14-12-23)37-30-36-20-26(32(33,34)35)28(38-30)19-24-9-5-6-10-27(24)39-31(43)44-21-22-7-3-2-4-8-22/h2-4,7-8,11-14,20,24,27H,5-6,9-10,15-19,21H2,1H3,(H,39,43)(H,36,37,38)/t24-,27-/m0/s1. The highest BCUT2D eigenvalue weighted by molar-refractivity contribution is 5.94. The van der Waals surface area contributed by atoms with Crippen LogP contribution in [0.5, 0.6) is 0 Å². The second-order valence-corrected chi connectivity index (χ2v) is 11.4. The Bertz CT molecular complexity index is 1410. The zero-order valence-electron chi connectivity index (χ0n) is 24.6. The Labute approximate surface area is 254 Å². The molecule has 1 saturated carbocycles. The van der Waals surface area contributed by atoms with Gasteiger partial charge in [-0.25, -0.2) is 14.8 Å². The van der Waals surface area contributed by atoms with E-state index in [2.05, 4.69) is 25.5 Å². The third kappa shape index (κ3) is 8.25. The van der Waals surface area contributed by atoms with E-state index in [0.29, 0.717) is 37.2 Å². The number of anilines is 2. The molecule has 2 amide bonds. The van der Waals surface area contributed by atoms with E-state index >= 15 is 0 Å². The van der Waals surface area contributed by atoms with Gasteiger partial charge in [0.1, 0.15) is 6.61 Å². The van der Waals surface area contributed by atoms with Gasteiger partial charge in [-0.2, -0.15) is 13.2 Å². The number of rotatable bonds is 8. The van der Waals surface area contributed by atoms with E-state index in [1.54, 1.807) is 24.3 Å². The number of halogens is 3. The summed E-state index contributed by atoms with van der Waals surface area (Å²) < 4.78 is 47.4. The van der Waals surface area contributed by atoms with E-state index < -0.39 is 17.8 Å². The lowest BCUT2D eigenvalue weighted by Crippen LogP contribution is -2.47. The minimum atomic E-state index is -4.63. The topological polar surface area (TPSA) is 99.7 Å². The lowest BCUT2D eigenvalue weighted by Gasteiger charge is -2.32. The fraction of sp³-hybridized carbons (Fsp3) is 0.438. The van der Waals surface area contributed by atoms with Crippen molar-refractivity contribution in [3.05, 3.63) is 83.2 Å². The Morgan fingerprint density at radius 2 is 1.68 bits per heavy atom. The quantitative estimate of drug-likeness (QED) is 0.340. The monoisotopic (exact) mass is 610 g/mol. The number of likely N-dealkylation sites (N-methyl/N-ethyl adjacent to an activating group) is 1. The van der Waals surface area contributed by atoms with E-state index in [1.165, 1.54) is 0 Å². The molecule has 2 fully saturated rings. The summed E-state index contributed by atoms with van der Waals surface area (Å²) in [5.74, 6) is -0.289. The summed E-state index contributed by atoms with van der Waals surface area (Å²) in [6.45, 7) is 3.05. The summed E-state index contributed by atoms with van der Waals surface area (Å²) in [6.07, 6.45) is -1.41. The van der Waals surface area contributed by atoms with Gasteiger partial charge >= 0.3 is 12.3 Å². The smallest absolute Gasteiger partial charge is 0.419 e. The predicted molar refractivity (Wildman–Crippen MR) is 159 cm³/mol. The van der Waals surface area contributed by atoms with Gasteiger partial charge in [0.05, 0.1) is 11.3 Å². The van der Waals surface area contributed by atoms with Crippen molar-refractivity contribution in [3.63, 3.8) is 0 Å². The molecule has 44 heavy (non-hydrogen) atoms. The van der Waals surface area contributed by atoms with Crippen molar-refractivity contribution in [3.8, 4) is 0 Å². The summed E-state index contributed by atoms with van der Waals surface area (Å²) in [7, 11) is 2.02. The Morgan fingerprint density at radius 3 is 2.39 bits per heavy atom. The van der Waals surface area contributed by atoms with Crippen LogP contribution >= 0.6 is 0 Å². The van der Waals surface area contributed by atoms with Crippen molar-refractivity contribution >= 4 is 23.6 Å². The molecule has 5 rings (SSSR count). The van der Waals surface area contributed by atoms with Crippen LogP contribution in [0.25, 0.3) is 0 Å². The number of carbonyl (C=O) groups excluding carboxylic acids is 2. The molecule has 12 heteroatoms. The van der Waals surface area contributed by atoms with Crippen LogP contribution in [-0.4, -0.2) is 71.0 Å². The molecular weight excluding hydrogens is 573 g/mol. The van der Waals surface area contributed by atoms with Crippen molar-refractivity contribution in [2.45, 2.75) is 50.9 Å². The summed E-state index contributed by atoms with van der Waals surface area (Å²) in [6, 6.07) is 15.7. The predicted octanol–water partition coefficient (Wildman–Crippen LogP) is 5.65. The van der Waals surface area contributed by atoms with Gasteiger partial charge in [-0.05, 0) is 62.1 Å². The Morgan fingerprint density at radius 1 is 0.977 bits per heavy atom. The van der Waals surface area contributed by atoms with E-state index in [-0.39, 0.29) is 42.5 Å². The van der Waals surface area contributed by atoms with E-state index in [9.17, 15) is 22.8 Å². The van der Waals surface area contributed by atoms with Crippen molar-refractivity contribution in [2.24, 2.45) is 5.92 Å². The van der Waals surface area contributed by atoms with Gasteiger partial charge in [0.15, 0.2) is 0 Å². The number of hydrogen-bond acceptors (Lipinski definition) is 7. The highest BCUT2D eigenvalue weighted by Gasteiger charge is 2.37. The van der Waals surface area contributed by atoms with E-state index in [4.69, 9.17) is 4.74 Å². The van der Waals surface area contributed by atoms with Crippen LogP contribution in [0.15, 0.2) is 60.8 Å². The SMILES string of the molecule is CN1CCN(C(=O)c2ccc(Nc3ncc(C(F)(F)F)c(C[C@@H]4CCCC[C@@H]4NC(=O)OCc4ccccc4)n3)cc2)CC1. The molecule has 1 aliphatic carbocycles. The average Bonchev–Trinajstić information content (AvgIpc) is 3.01. The molecule has 0 unspecified atom stereocenters. The van der Waals surface area contributed by atoms with Gasteiger partial charge in [-0.3, -0.25) is 4.79 Å².